The van der Waals surface area contributed by atoms with Crippen molar-refractivity contribution in [3.63, 3.8) is 0 Å². The van der Waals surface area contributed by atoms with Crippen LogP contribution < -0.4 is 0 Å². The third-order valence-electron chi connectivity index (χ3n) is 0.614. The van der Waals surface area contributed by atoms with Gasteiger partial charge in [-0.2, -0.15) is 18.3 Å². The summed E-state index contributed by atoms with van der Waals surface area (Å²) in [6.07, 6.45) is -8.06. The van der Waals surface area contributed by atoms with Crippen molar-refractivity contribution in [1.29, 1.82) is 0 Å². The van der Waals surface area contributed by atoms with E-state index in [1.54, 1.807) is 0 Å². The number of hydrogen-bond donors (Lipinski definition) is 0. The normalized spacial score (nSPS) is 15.3. The maximum Gasteiger partial charge on any atom is 0.443 e. The van der Waals surface area contributed by atoms with E-state index in [-0.39, 0.29) is 0 Å². The molecule has 0 saturated heterocycles. The van der Waals surface area contributed by atoms with Crippen molar-refractivity contribution in [3.8, 4) is 0 Å². The maximum atomic E-state index is 11.2. The average molecular weight is 161 g/mol. The maximum absolute atomic E-state index is 11.2. The molecule has 0 aromatic carbocycles. The van der Waals surface area contributed by atoms with Gasteiger partial charge in [0, 0.05) is 0 Å². The first-order valence-electron chi connectivity index (χ1n) is 2.38. The zero-order valence-corrected chi connectivity index (χ0v) is 4.82. The van der Waals surface area contributed by atoms with Gasteiger partial charge in [-0.3, -0.25) is 0 Å². The van der Waals surface area contributed by atoms with Gasteiger partial charge < -0.3 is 4.74 Å². The van der Waals surface area contributed by atoms with E-state index in [0.29, 0.717) is 0 Å². The highest BCUT2D eigenvalue weighted by Crippen LogP contribution is 2.20. The number of alkyl halides is 4. The first kappa shape index (κ1) is 9.64. The van der Waals surface area contributed by atoms with Crippen LogP contribution in [0.25, 0.3) is 0 Å². The molecule has 61 valence electrons. The van der Waals surface area contributed by atoms with Gasteiger partial charge in [0.2, 0.25) is 0 Å². The third-order valence-corrected chi connectivity index (χ3v) is 0.614. The second kappa shape index (κ2) is 3.72. The Morgan fingerprint density at radius 1 is 1.40 bits per heavy atom. The van der Waals surface area contributed by atoms with Crippen LogP contribution in [0.1, 0.15) is 0 Å². The quantitative estimate of drug-likeness (QED) is 0.453. The van der Waals surface area contributed by atoms with Crippen LogP contribution in [0.3, 0.4) is 0 Å². The SMILES string of the molecule is [O]C(OCCF)C(F)(F)F. The van der Waals surface area contributed by atoms with E-state index in [9.17, 15) is 22.7 Å². The Bertz CT molecular complexity index is 91.7. The Kier molecular flexibility index (Phi) is 3.59. The first-order valence-corrected chi connectivity index (χ1v) is 2.38. The Morgan fingerprint density at radius 2 is 1.90 bits per heavy atom. The van der Waals surface area contributed by atoms with Crippen LogP contribution in [0.2, 0.25) is 0 Å². The molecule has 0 spiro atoms. The summed E-state index contributed by atoms with van der Waals surface area (Å²) in [5.74, 6) is 0. The van der Waals surface area contributed by atoms with Crippen LogP contribution in [0.15, 0.2) is 0 Å². The summed E-state index contributed by atoms with van der Waals surface area (Å²) < 4.78 is 48.2. The van der Waals surface area contributed by atoms with Crippen molar-refractivity contribution < 1.29 is 27.4 Å². The molecule has 0 N–H and O–H groups in total. The molecule has 0 saturated carbocycles. The Labute approximate surface area is 54.4 Å². The number of hydrogen-bond acceptors (Lipinski definition) is 1. The summed E-state index contributed by atoms with van der Waals surface area (Å²) in [6, 6.07) is 0. The predicted octanol–water partition coefficient (Wildman–Crippen LogP) is 1.29. The van der Waals surface area contributed by atoms with E-state index < -0.39 is 25.7 Å². The lowest BCUT2D eigenvalue weighted by Crippen LogP contribution is -2.30. The molecule has 0 aromatic rings. The molecule has 0 heterocycles. The monoisotopic (exact) mass is 161 g/mol. The van der Waals surface area contributed by atoms with Crippen LogP contribution in [0, 0.1) is 0 Å². The molecule has 1 unspecified atom stereocenters. The van der Waals surface area contributed by atoms with E-state index >= 15 is 0 Å². The summed E-state index contributed by atoms with van der Waals surface area (Å²) in [4.78, 5) is 0. The van der Waals surface area contributed by atoms with Crippen LogP contribution in [-0.4, -0.2) is 25.7 Å². The number of halogens is 4. The topological polar surface area (TPSA) is 29.1 Å². The molecule has 0 aliphatic heterocycles. The van der Waals surface area contributed by atoms with Crippen molar-refractivity contribution in [1.82, 2.24) is 0 Å². The first-order chi connectivity index (χ1) is 4.48. The van der Waals surface area contributed by atoms with E-state index in [0.717, 1.165) is 0 Å². The average Bonchev–Trinajstić information content (AvgIpc) is 1.80. The summed E-state index contributed by atoms with van der Waals surface area (Å²) in [6.45, 7) is -1.90. The van der Waals surface area contributed by atoms with E-state index in [1.165, 1.54) is 0 Å². The Hall–Kier alpha value is -0.360. The van der Waals surface area contributed by atoms with Crippen LogP contribution >= 0.6 is 0 Å². The van der Waals surface area contributed by atoms with Gasteiger partial charge in [0.25, 0.3) is 6.29 Å². The summed E-state index contributed by atoms with van der Waals surface area (Å²) in [5, 5.41) is 9.79. The molecule has 1 radical (unpaired) electrons. The van der Waals surface area contributed by atoms with Gasteiger partial charge in [-0.15, -0.1) is 0 Å². The molecular formula is C4H5F4O2. The van der Waals surface area contributed by atoms with Crippen molar-refractivity contribution in [2.24, 2.45) is 0 Å². The molecule has 0 bridgehead atoms. The zero-order valence-electron chi connectivity index (χ0n) is 4.82. The molecule has 0 amide bonds. The highest BCUT2D eigenvalue weighted by molar-refractivity contribution is 4.51. The molecule has 0 fully saturated rings. The lowest BCUT2D eigenvalue weighted by atomic mass is 10.6. The van der Waals surface area contributed by atoms with Gasteiger partial charge in [0.15, 0.2) is 0 Å². The Balaban J connectivity index is 3.52. The van der Waals surface area contributed by atoms with Gasteiger partial charge in [0.05, 0.1) is 6.61 Å². The minimum Gasteiger partial charge on any atom is -0.340 e. The molecule has 10 heavy (non-hydrogen) atoms. The van der Waals surface area contributed by atoms with Gasteiger partial charge in [-0.05, 0) is 0 Å². The summed E-state index contributed by atoms with van der Waals surface area (Å²) >= 11 is 0. The minimum absolute atomic E-state index is 0.812. The summed E-state index contributed by atoms with van der Waals surface area (Å²) in [5.41, 5.74) is 0. The molecule has 0 aromatic heterocycles. The second-order valence-corrected chi connectivity index (χ2v) is 1.43. The number of ether oxygens (including phenoxy) is 1. The molecule has 0 rings (SSSR count). The fourth-order valence-electron chi connectivity index (χ4n) is 0.246. The molecule has 0 aliphatic carbocycles. The zero-order chi connectivity index (χ0) is 8.20. The number of rotatable bonds is 3. The smallest absolute Gasteiger partial charge is 0.340 e. The minimum atomic E-state index is -4.94. The second-order valence-electron chi connectivity index (χ2n) is 1.43. The van der Waals surface area contributed by atoms with Gasteiger partial charge in [-0.25, -0.2) is 4.39 Å². The lowest BCUT2D eigenvalue weighted by molar-refractivity contribution is -0.314. The fraction of sp³-hybridized carbons (Fsp3) is 1.00. The fourth-order valence-corrected chi connectivity index (χ4v) is 0.246. The molecule has 6 heteroatoms. The van der Waals surface area contributed by atoms with Crippen molar-refractivity contribution in [2.45, 2.75) is 12.5 Å². The molecule has 2 nitrogen and oxygen atoms in total. The summed E-state index contributed by atoms with van der Waals surface area (Å²) in [7, 11) is 0. The third kappa shape index (κ3) is 3.62. The van der Waals surface area contributed by atoms with Gasteiger partial charge in [0.1, 0.15) is 6.67 Å². The highest BCUT2D eigenvalue weighted by Gasteiger charge is 2.40. The standard InChI is InChI=1S/C4H5F4O2/c5-1-2-10-3(9)4(6,7)8/h3H,1-2H2. The van der Waals surface area contributed by atoms with E-state index in [4.69, 9.17) is 0 Å². The van der Waals surface area contributed by atoms with Crippen LogP contribution in [-0.2, 0) is 9.84 Å². The van der Waals surface area contributed by atoms with E-state index in [2.05, 4.69) is 4.74 Å². The van der Waals surface area contributed by atoms with Crippen molar-refractivity contribution in [3.05, 3.63) is 0 Å². The van der Waals surface area contributed by atoms with Gasteiger partial charge in [-0.1, -0.05) is 0 Å². The van der Waals surface area contributed by atoms with E-state index in [1.807, 2.05) is 0 Å². The molecule has 0 aliphatic rings. The largest absolute Gasteiger partial charge is 0.443 e. The Morgan fingerprint density at radius 3 is 2.20 bits per heavy atom. The van der Waals surface area contributed by atoms with Crippen molar-refractivity contribution >= 4 is 0 Å². The molecular weight excluding hydrogens is 156 g/mol. The molecule has 1 atom stereocenters. The lowest BCUT2D eigenvalue weighted by Gasteiger charge is -2.11. The van der Waals surface area contributed by atoms with Crippen molar-refractivity contribution in [2.75, 3.05) is 13.3 Å². The van der Waals surface area contributed by atoms with Crippen LogP contribution in [0.5, 0.6) is 0 Å². The van der Waals surface area contributed by atoms with Gasteiger partial charge >= 0.3 is 6.18 Å². The van der Waals surface area contributed by atoms with Crippen LogP contribution in [0.4, 0.5) is 17.6 Å². The highest BCUT2D eigenvalue weighted by atomic mass is 19.4. The predicted molar refractivity (Wildman–Crippen MR) is 22.5 cm³/mol.